The molecule has 21 heavy (non-hydrogen) atoms. The second kappa shape index (κ2) is 6.28. The number of benzene rings is 2. The van der Waals surface area contributed by atoms with Gasteiger partial charge in [-0.1, -0.05) is 23.9 Å². The molecular weight excluding hydrogens is 284 g/mol. The van der Waals surface area contributed by atoms with Crippen LogP contribution >= 0.6 is 11.8 Å². The number of non-ortho nitro benzene ring substituents is 1. The van der Waals surface area contributed by atoms with E-state index in [1.807, 2.05) is 0 Å². The van der Waals surface area contributed by atoms with Gasteiger partial charge in [0.2, 0.25) is 0 Å². The van der Waals surface area contributed by atoms with Gasteiger partial charge in [-0.2, -0.15) is 0 Å². The largest absolute Gasteiger partial charge is 0.310 e. The van der Waals surface area contributed by atoms with E-state index in [0.29, 0.717) is 0 Å². The van der Waals surface area contributed by atoms with E-state index in [4.69, 9.17) is 0 Å². The number of rotatable bonds is 6. The van der Waals surface area contributed by atoms with Crippen LogP contribution in [-0.2, 0) is 6.54 Å². The molecule has 0 saturated heterocycles. The van der Waals surface area contributed by atoms with Gasteiger partial charge in [-0.25, -0.2) is 0 Å². The van der Waals surface area contributed by atoms with Crippen molar-refractivity contribution in [3.8, 4) is 0 Å². The minimum atomic E-state index is -0.379. The third-order valence-electron chi connectivity index (χ3n) is 3.38. The van der Waals surface area contributed by atoms with Gasteiger partial charge in [0.05, 0.1) is 4.92 Å². The Kier molecular flexibility index (Phi) is 4.22. The SMILES string of the molecule is O=[N+]([O-])c1ccc(Sc2ccc(CNC3CC3)cc2)cc1. The molecule has 0 atom stereocenters. The molecule has 0 aromatic heterocycles. The molecule has 1 aliphatic carbocycles. The Labute approximate surface area is 127 Å². The summed E-state index contributed by atoms with van der Waals surface area (Å²) in [6, 6.07) is 15.8. The molecule has 2 aromatic carbocycles. The smallest absolute Gasteiger partial charge is 0.269 e. The molecule has 4 nitrogen and oxygen atoms in total. The van der Waals surface area contributed by atoms with Gasteiger partial charge in [0.25, 0.3) is 5.69 Å². The highest BCUT2D eigenvalue weighted by atomic mass is 32.2. The number of hydrogen-bond acceptors (Lipinski definition) is 4. The standard InChI is InChI=1S/C16H16N2O2S/c19-18(20)14-5-9-16(10-6-14)21-15-7-1-12(2-8-15)11-17-13-3-4-13/h1-2,5-10,13,17H,3-4,11H2. The maximum Gasteiger partial charge on any atom is 0.269 e. The first-order valence-electron chi connectivity index (χ1n) is 6.95. The van der Waals surface area contributed by atoms with Gasteiger partial charge in [0, 0.05) is 34.5 Å². The zero-order valence-electron chi connectivity index (χ0n) is 11.5. The minimum Gasteiger partial charge on any atom is -0.310 e. The molecule has 2 aromatic rings. The Morgan fingerprint density at radius 1 is 1.05 bits per heavy atom. The normalized spacial score (nSPS) is 14.1. The predicted molar refractivity (Wildman–Crippen MR) is 83.5 cm³/mol. The second-order valence-corrected chi connectivity index (χ2v) is 6.30. The van der Waals surface area contributed by atoms with Crippen LogP contribution in [0, 0.1) is 10.1 Å². The molecule has 0 radical (unpaired) electrons. The molecule has 0 bridgehead atoms. The summed E-state index contributed by atoms with van der Waals surface area (Å²) in [5.41, 5.74) is 1.41. The molecule has 108 valence electrons. The fourth-order valence-electron chi connectivity index (χ4n) is 2.00. The van der Waals surface area contributed by atoms with Gasteiger partial charge < -0.3 is 5.32 Å². The Hall–Kier alpha value is -1.85. The van der Waals surface area contributed by atoms with Crippen molar-refractivity contribution < 1.29 is 4.92 Å². The topological polar surface area (TPSA) is 55.2 Å². The quantitative estimate of drug-likeness (QED) is 0.647. The molecule has 5 heteroatoms. The van der Waals surface area contributed by atoms with Crippen molar-refractivity contribution in [1.82, 2.24) is 5.32 Å². The second-order valence-electron chi connectivity index (χ2n) is 5.15. The van der Waals surface area contributed by atoms with Gasteiger partial charge in [0.1, 0.15) is 0 Å². The summed E-state index contributed by atoms with van der Waals surface area (Å²) in [6.45, 7) is 0.924. The maximum atomic E-state index is 10.6. The third-order valence-corrected chi connectivity index (χ3v) is 4.39. The lowest BCUT2D eigenvalue weighted by atomic mass is 10.2. The number of nitrogens with one attached hydrogen (secondary N) is 1. The van der Waals surface area contributed by atoms with Crippen molar-refractivity contribution in [1.29, 1.82) is 0 Å². The molecule has 0 heterocycles. The summed E-state index contributed by atoms with van der Waals surface area (Å²) in [4.78, 5) is 12.4. The van der Waals surface area contributed by atoms with Crippen LogP contribution in [0.2, 0.25) is 0 Å². The van der Waals surface area contributed by atoms with Gasteiger partial charge in [-0.05, 0) is 42.7 Å². The molecular formula is C16H16N2O2S. The highest BCUT2D eigenvalue weighted by Gasteiger charge is 2.19. The van der Waals surface area contributed by atoms with E-state index >= 15 is 0 Å². The highest BCUT2D eigenvalue weighted by molar-refractivity contribution is 7.99. The maximum absolute atomic E-state index is 10.6. The fraction of sp³-hybridized carbons (Fsp3) is 0.250. The van der Waals surface area contributed by atoms with Crippen LogP contribution in [-0.4, -0.2) is 11.0 Å². The lowest BCUT2D eigenvalue weighted by Crippen LogP contribution is -2.14. The zero-order chi connectivity index (χ0) is 14.7. The van der Waals surface area contributed by atoms with Crippen LogP contribution in [0.5, 0.6) is 0 Å². The Bertz CT molecular complexity index is 622. The molecule has 0 aliphatic heterocycles. The molecule has 1 saturated carbocycles. The molecule has 1 fully saturated rings. The van der Waals surface area contributed by atoms with Crippen LogP contribution in [0.1, 0.15) is 18.4 Å². The summed E-state index contributed by atoms with van der Waals surface area (Å²) in [7, 11) is 0. The summed E-state index contributed by atoms with van der Waals surface area (Å²) < 4.78 is 0. The van der Waals surface area contributed by atoms with Crippen molar-refractivity contribution in [3.63, 3.8) is 0 Å². The molecule has 1 N–H and O–H groups in total. The number of nitrogens with zero attached hydrogens (tertiary/aromatic N) is 1. The summed E-state index contributed by atoms with van der Waals surface area (Å²) in [5, 5.41) is 14.1. The Balaban J connectivity index is 1.59. The van der Waals surface area contributed by atoms with E-state index in [0.717, 1.165) is 22.4 Å². The van der Waals surface area contributed by atoms with Crippen LogP contribution in [0.4, 0.5) is 5.69 Å². The Morgan fingerprint density at radius 2 is 1.62 bits per heavy atom. The fourth-order valence-corrected chi connectivity index (χ4v) is 2.81. The molecule has 1 aliphatic rings. The third kappa shape index (κ3) is 4.06. The number of hydrogen-bond donors (Lipinski definition) is 1. The van der Waals surface area contributed by atoms with E-state index < -0.39 is 0 Å². The summed E-state index contributed by atoms with van der Waals surface area (Å²) in [5.74, 6) is 0. The van der Waals surface area contributed by atoms with E-state index in [1.165, 1.54) is 30.5 Å². The van der Waals surface area contributed by atoms with Gasteiger partial charge in [0.15, 0.2) is 0 Å². The van der Waals surface area contributed by atoms with Crippen LogP contribution in [0.3, 0.4) is 0 Å². The van der Waals surface area contributed by atoms with E-state index in [9.17, 15) is 10.1 Å². The Morgan fingerprint density at radius 3 is 2.14 bits per heavy atom. The lowest BCUT2D eigenvalue weighted by molar-refractivity contribution is -0.384. The van der Waals surface area contributed by atoms with Crippen molar-refractivity contribution >= 4 is 17.4 Å². The van der Waals surface area contributed by atoms with Crippen molar-refractivity contribution in [2.45, 2.75) is 35.2 Å². The lowest BCUT2D eigenvalue weighted by Gasteiger charge is -2.05. The number of nitro groups is 1. The van der Waals surface area contributed by atoms with Crippen molar-refractivity contribution in [3.05, 3.63) is 64.2 Å². The molecule has 3 rings (SSSR count). The van der Waals surface area contributed by atoms with Crippen LogP contribution < -0.4 is 5.32 Å². The minimum absolute atomic E-state index is 0.126. The molecule has 0 unspecified atom stereocenters. The van der Waals surface area contributed by atoms with Crippen molar-refractivity contribution in [2.75, 3.05) is 0 Å². The first-order valence-corrected chi connectivity index (χ1v) is 7.77. The van der Waals surface area contributed by atoms with E-state index in [-0.39, 0.29) is 10.6 Å². The van der Waals surface area contributed by atoms with Gasteiger partial charge in [-0.3, -0.25) is 10.1 Å². The predicted octanol–water partition coefficient (Wildman–Crippen LogP) is 4.00. The summed E-state index contributed by atoms with van der Waals surface area (Å²) in [6.07, 6.45) is 2.60. The van der Waals surface area contributed by atoms with Gasteiger partial charge in [-0.15, -0.1) is 0 Å². The number of nitro benzene ring substituents is 1. The highest BCUT2D eigenvalue weighted by Crippen LogP contribution is 2.29. The first-order chi connectivity index (χ1) is 10.2. The van der Waals surface area contributed by atoms with Crippen molar-refractivity contribution in [2.24, 2.45) is 0 Å². The average molecular weight is 300 g/mol. The molecule has 0 spiro atoms. The first kappa shape index (κ1) is 14.1. The molecule has 0 amide bonds. The van der Waals surface area contributed by atoms with Crippen LogP contribution in [0.25, 0.3) is 0 Å². The zero-order valence-corrected chi connectivity index (χ0v) is 12.3. The van der Waals surface area contributed by atoms with E-state index in [2.05, 4.69) is 29.6 Å². The van der Waals surface area contributed by atoms with E-state index in [1.54, 1.807) is 23.9 Å². The monoisotopic (exact) mass is 300 g/mol. The average Bonchev–Trinajstić information content (AvgIpc) is 3.31. The van der Waals surface area contributed by atoms with Crippen LogP contribution in [0.15, 0.2) is 58.3 Å². The summed E-state index contributed by atoms with van der Waals surface area (Å²) >= 11 is 1.61. The van der Waals surface area contributed by atoms with Gasteiger partial charge >= 0.3 is 0 Å².